The van der Waals surface area contributed by atoms with E-state index in [1.54, 1.807) is 39.0 Å². The maximum atomic E-state index is 14.5. The summed E-state index contributed by atoms with van der Waals surface area (Å²) in [6, 6.07) is 8.01. The summed E-state index contributed by atoms with van der Waals surface area (Å²) in [7, 11) is 0. The molecule has 0 radical (unpaired) electrons. The minimum atomic E-state index is -2.29. The third-order valence-electron chi connectivity index (χ3n) is 10.8. The number of fused-ring (bicyclic) bond motifs is 4. The first kappa shape index (κ1) is 37.7. The molecule has 2 fully saturated rings. The molecule has 1 unspecified atom stereocenters. The van der Waals surface area contributed by atoms with Gasteiger partial charge in [-0.1, -0.05) is 25.1 Å². The van der Waals surface area contributed by atoms with Gasteiger partial charge in [-0.3, -0.25) is 28.8 Å². The van der Waals surface area contributed by atoms with Crippen LogP contribution in [-0.2, 0) is 57.2 Å². The zero-order valence-corrected chi connectivity index (χ0v) is 30.1. The Balaban J connectivity index is 1.92. The molecule has 10 atom stereocenters. The van der Waals surface area contributed by atoms with Gasteiger partial charge in [0.2, 0.25) is 0 Å². The minimum Gasteiger partial charge on any atom is -0.458 e. The van der Waals surface area contributed by atoms with E-state index in [0.29, 0.717) is 0 Å². The van der Waals surface area contributed by atoms with Gasteiger partial charge in [-0.05, 0) is 50.8 Å². The number of esters is 6. The Bertz CT molecular complexity index is 1710. The van der Waals surface area contributed by atoms with Crippen molar-refractivity contribution in [2.75, 3.05) is 0 Å². The van der Waals surface area contributed by atoms with E-state index in [1.807, 2.05) is 0 Å². The maximum absolute atomic E-state index is 14.5. The molecular weight excluding hydrogens is 668 g/mol. The summed E-state index contributed by atoms with van der Waals surface area (Å²) in [5, 5.41) is 13.2. The van der Waals surface area contributed by atoms with Crippen molar-refractivity contribution < 1.29 is 67.1 Å². The molecule has 4 aliphatic carbocycles. The molecule has 1 aromatic rings. The van der Waals surface area contributed by atoms with E-state index in [2.05, 4.69) is 0 Å². The third kappa shape index (κ3) is 5.90. The van der Waals surface area contributed by atoms with E-state index in [9.17, 15) is 38.7 Å². The van der Waals surface area contributed by atoms with Crippen LogP contribution >= 0.6 is 0 Å². The lowest BCUT2D eigenvalue weighted by molar-refractivity contribution is -0.239. The van der Waals surface area contributed by atoms with Crippen LogP contribution < -0.4 is 0 Å². The van der Waals surface area contributed by atoms with Crippen molar-refractivity contribution in [2.45, 2.75) is 117 Å². The smallest absolute Gasteiger partial charge is 0.338 e. The fourth-order valence-corrected chi connectivity index (χ4v) is 9.30. The zero-order valence-electron chi connectivity index (χ0n) is 30.1. The van der Waals surface area contributed by atoms with E-state index >= 15 is 0 Å². The molecule has 0 aromatic heterocycles. The third-order valence-corrected chi connectivity index (χ3v) is 10.8. The molecule has 0 amide bonds. The summed E-state index contributed by atoms with van der Waals surface area (Å²) in [5.74, 6) is -7.93. The number of benzene rings is 1. The van der Waals surface area contributed by atoms with Crippen LogP contribution in [0, 0.1) is 22.7 Å². The average Bonchev–Trinajstić information content (AvgIpc) is 3.36. The summed E-state index contributed by atoms with van der Waals surface area (Å²) in [6.07, 6.45) is -8.67. The molecule has 2 saturated carbocycles. The average molecular weight is 713 g/mol. The lowest BCUT2D eigenvalue weighted by atomic mass is 9.58. The highest BCUT2D eigenvalue weighted by Crippen LogP contribution is 2.67. The van der Waals surface area contributed by atoms with Gasteiger partial charge in [0.25, 0.3) is 0 Å². The Kier molecular flexibility index (Phi) is 9.51. The number of hydrogen-bond acceptors (Lipinski definition) is 14. The van der Waals surface area contributed by atoms with Crippen molar-refractivity contribution in [2.24, 2.45) is 22.7 Å². The first-order valence-corrected chi connectivity index (χ1v) is 16.8. The van der Waals surface area contributed by atoms with E-state index < -0.39 is 112 Å². The van der Waals surface area contributed by atoms with Crippen LogP contribution in [0.1, 0.15) is 85.5 Å². The van der Waals surface area contributed by atoms with Gasteiger partial charge in [-0.2, -0.15) is 0 Å². The number of carbonyl (C=O) groups is 7. The Morgan fingerprint density at radius 3 is 1.82 bits per heavy atom. The van der Waals surface area contributed by atoms with Crippen LogP contribution in [0.4, 0.5) is 0 Å². The summed E-state index contributed by atoms with van der Waals surface area (Å²) in [6.45, 7) is 11.7. The van der Waals surface area contributed by atoms with Crippen molar-refractivity contribution in [1.29, 1.82) is 0 Å². The van der Waals surface area contributed by atoms with Crippen molar-refractivity contribution in [3.63, 3.8) is 0 Å². The van der Waals surface area contributed by atoms with Crippen LogP contribution in [0.2, 0.25) is 0 Å². The maximum Gasteiger partial charge on any atom is 0.338 e. The van der Waals surface area contributed by atoms with E-state index in [-0.39, 0.29) is 23.1 Å². The van der Waals surface area contributed by atoms with E-state index in [4.69, 9.17) is 28.4 Å². The second-order valence-electron chi connectivity index (χ2n) is 14.9. The number of hydrogen-bond donors (Lipinski definition) is 1. The Hall–Kier alpha value is -4.59. The molecule has 14 nitrogen and oxygen atoms in total. The summed E-state index contributed by atoms with van der Waals surface area (Å²) >= 11 is 0. The Morgan fingerprint density at radius 1 is 0.745 bits per heavy atom. The van der Waals surface area contributed by atoms with Crippen molar-refractivity contribution in [3.8, 4) is 0 Å². The van der Waals surface area contributed by atoms with E-state index in [1.165, 1.54) is 19.1 Å². The second-order valence-corrected chi connectivity index (χ2v) is 14.9. The summed E-state index contributed by atoms with van der Waals surface area (Å²) < 4.78 is 36.2. The molecule has 5 rings (SSSR count). The standard InChI is InChI=1S/C37H44O14/c1-17-15-36(45)26(27(17)50-31(44)23-13-11-10-12-14-23)30(47-19(3)39)37(51-22(6)42)16-24-25(29(46-18(2)38)34(7,8)28(24)43)35(9,32(36)48-20(4)40)33(37)49-21(5)41/h10-14,17,26-27,29-30,32-33,45H,15-16H2,1-9H3/t17-,26+,27-,29-,30+,32-,33-,35?,36+,37+/m0/s1. The van der Waals surface area contributed by atoms with Crippen LogP contribution in [0.5, 0.6) is 0 Å². The Labute approximate surface area is 295 Å². The topological polar surface area (TPSA) is 195 Å². The molecule has 1 aromatic carbocycles. The van der Waals surface area contributed by atoms with Gasteiger partial charge in [0.05, 0.1) is 22.3 Å². The lowest BCUT2D eigenvalue weighted by Crippen LogP contribution is -2.68. The largest absolute Gasteiger partial charge is 0.458 e. The van der Waals surface area contributed by atoms with Crippen molar-refractivity contribution in [3.05, 3.63) is 47.0 Å². The SMILES string of the molecule is CC(=O)O[C@@H]1[C@H]2[C@@H](OC(=O)c3ccccc3)[C@@H](C)C[C@]2(O)[C@@H](OC(C)=O)C2(C)C3=C(C[C@]1(OC(C)=O)[C@H]2OC(C)=O)C(=O)C(C)(C)[C@H]3OC(C)=O. The highest BCUT2D eigenvalue weighted by atomic mass is 16.6. The predicted molar refractivity (Wildman–Crippen MR) is 173 cm³/mol. The fraction of sp³-hybridized carbons (Fsp3) is 0.595. The molecule has 51 heavy (non-hydrogen) atoms. The van der Waals surface area contributed by atoms with Crippen molar-refractivity contribution in [1.82, 2.24) is 0 Å². The molecule has 0 spiro atoms. The number of ketones is 1. The van der Waals surface area contributed by atoms with Gasteiger partial charge >= 0.3 is 35.8 Å². The number of ether oxygens (including phenoxy) is 6. The molecular formula is C37H44O14. The lowest BCUT2D eigenvalue weighted by Gasteiger charge is -2.54. The van der Waals surface area contributed by atoms with Gasteiger partial charge in [-0.25, -0.2) is 4.79 Å². The molecule has 1 N–H and O–H groups in total. The molecule has 276 valence electrons. The predicted octanol–water partition coefficient (Wildman–Crippen LogP) is 2.96. The monoisotopic (exact) mass is 712 g/mol. The molecule has 0 saturated heterocycles. The van der Waals surface area contributed by atoms with Crippen molar-refractivity contribution >= 4 is 41.6 Å². The van der Waals surface area contributed by atoms with Crippen LogP contribution in [-0.4, -0.2) is 88.4 Å². The molecule has 0 aliphatic heterocycles. The fourth-order valence-electron chi connectivity index (χ4n) is 9.30. The molecule has 0 heterocycles. The first-order valence-electron chi connectivity index (χ1n) is 16.8. The van der Waals surface area contributed by atoms with Gasteiger partial charge in [-0.15, -0.1) is 0 Å². The zero-order chi connectivity index (χ0) is 38.0. The number of aliphatic hydroxyl groups is 1. The van der Waals surface area contributed by atoms with Gasteiger partial charge in [0, 0.05) is 46.6 Å². The molecule has 4 aliphatic rings. The van der Waals surface area contributed by atoms with Gasteiger partial charge in [0.1, 0.15) is 23.9 Å². The highest BCUT2D eigenvalue weighted by Gasteiger charge is 2.81. The molecule has 14 heteroatoms. The van der Waals surface area contributed by atoms with Crippen LogP contribution in [0.15, 0.2) is 41.5 Å². The summed E-state index contributed by atoms with van der Waals surface area (Å²) in [4.78, 5) is 93.2. The molecule has 2 bridgehead atoms. The van der Waals surface area contributed by atoms with E-state index in [0.717, 1.165) is 34.6 Å². The Morgan fingerprint density at radius 2 is 1.29 bits per heavy atom. The van der Waals surface area contributed by atoms with Crippen LogP contribution in [0.25, 0.3) is 0 Å². The summed E-state index contributed by atoms with van der Waals surface area (Å²) in [5.41, 5.74) is -7.79. The number of rotatable bonds is 7. The quantitative estimate of drug-likeness (QED) is 0.320. The minimum absolute atomic E-state index is 0.0119. The first-order chi connectivity index (χ1) is 23.6. The number of Topliss-reactive ketones (excluding diaryl/α,β-unsaturated/α-hetero) is 1. The number of carbonyl (C=O) groups excluding carboxylic acids is 7. The van der Waals surface area contributed by atoms with Gasteiger partial charge in [0.15, 0.2) is 23.6 Å². The second kappa shape index (κ2) is 12.9. The normalized spacial score (nSPS) is 36.1. The van der Waals surface area contributed by atoms with Crippen LogP contribution in [0.3, 0.4) is 0 Å². The van der Waals surface area contributed by atoms with Gasteiger partial charge < -0.3 is 33.5 Å². The highest BCUT2D eigenvalue weighted by molar-refractivity contribution is 6.05.